The Morgan fingerprint density at radius 2 is 1.93 bits per heavy atom. The van der Waals surface area contributed by atoms with Gasteiger partial charge in [-0.1, -0.05) is 28.4 Å². The Morgan fingerprint density at radius 1 is 1.18 bits per heavy atom. The Bertz CT molecular complexity index is 673. The highest BCUT2D eigenvalue weighted by Crippen LogP contribution is 2.39. The summed E-state index contributed by atoms with van der Waals surface area (Å²) in [5.41, 5.74) is 0.508. The van der Waals surface area contributed by atoms with E-state index in [1.54, 1.807) is 0 Å². The number of ether oxygens (including phenoxy) is 3. The van der Waals surface area contributed by atoms with Crippen molar-refractivity contribution < 1.29 is 19.0 Å². The van der Waals surface area contributed by atoms with E-state index < -0.39 is 5.60 Å². The summed E-state index contributed by atoms with van der Waals surface area (Å²) in [6.45, 7) is 7.81. The standard InChI is InChI=1S/C22H32BrNO4/c1-22(2,3)28-21(25)24-11-10-17-15-19(24)18-9-8-16(23)14-20(18)27-13-7-5-4-6-12-26-17/h8-9,14,17,19H,4-7,10-13,15H2,1-3H3/t17-,19-/m0/s1. The van der Waals surface area contributed by atoms with Crippen LogP contribution in [0.1, 0.15) is 70.9 Å². The predicted octanol–water partition coefficient (Wildman–Crippen LogP) is 5.86. The molecule has 5 nitrogen and oxygen atoms in total. The van der Waals surface area contributed by atoms with Gasteiger partial charge in [0.15, 0.2) is 0 Å². The monoisotopic (exact) mass is 453 g/mol. The third-order valence-corrected chi connectivity index (χ3v) is 5.66. The number of halogens is 1. The molecular formula is C22H32BrNO4. The normalized spacial score (nSPS) is 24.1. The van der Waals surface area contributed by atoms with Crippen molar-refractivity contribution in [2.24, 2.45) is 0 Å². The molecule has 2 heterocycles. The van der Waals surface area contributed by atoms with E-state index in [0.29, 0.717) is 13.2 Å². The fourth-order valence-corrected chi connectivity index (χ4v) is 4.16. The lowest BCUT2D eigenvalue weighted by molar-refractivity contribution is -0.0324. The number of hydrogen-bond acceptors (Lipinski definition) is 4. The second kappa shape index (κ2) is 9.49. The first-order valence-corrected chi connectivity index (χ1v) is 11.2. The number of hydrogen-bond donors (Lipinski definition) is 0. The Labute approximate surface area is 176 Å². The summed E-state index contributed by atoms with van der Waals surface area (Å²) in [5, 5.41) is 0. The highest BCUT2D eigenvalue weighted by Gasteiger charge is 2.37. The van der Waals surface area contributed by atoms with Crippen LogP contribution in [-0.4, -0.2) is 42.5 Å². The van der Waals surface area contributed by atoms with Crippen molar-refractivity contribution in [3.05, 3.63) is 28.2 Å². The minimum absolute atomic E-state index is 0.113. The summed E-state index contributed by atoms with van der Waals surface area (Å²) >= 11 is 3.55. The number of rotatable bonds is 0. The van der Waals surface area contributed by atoms with Gasteiger partial charge in [0.25, 0.3) is 0 Å². The Balaban J connectivity index is 1.91. The van der Waals surface area contributed by atoms with E-state index in [1.165, 1.54) is 0 Å². The molecule has 3 rings (SSSR count). The molecule has 2 aliphatic heterocycles. The average molecular weight is 454 g/mol. The maximum Gasteiger partial charge on any atom is 0.410 e. The molecule has 1 aromatic carbocycles. The van der Waals surface area contributed by atoms with E-state index in [9.17, 15) is 4.79 Å². The van der Waals surface area contributed by atoms with E-state index in [4.69, 9.17) is 14.2 Å². The summed E-state index contributed by atoms with van der Waals surface area (Å²) in [7, 11) is 0. The molecule has 2 atom stereocenters. The number of benzene rings is 1. The van der Waals surface area contributed by atoms with Crippen molar-refractivity contribution in [1.82, 2.24) is 4.90 Å². The fourth-order valence-electron chi connectivity index (χ4n) is 3.82. The van der Waals surface area contributed by atoms with Crippen LogP contribution in [0, 0.1) is 0 Å². The molecule has 28 heavy (non-hydrogen) atoms. The smallest absolute Gasteiger partial charge is 0.410 e. The van der Waals surface area contributed by atoms with Crippen LogP contribution < -0.4 is 4.74 Å². The third kappa shape index (κ3) is 5.86. The van der Waals surface area contributed by atoms with Crippen molar-refractivity contribution in [2.45, 2.75) is 77.0 Å². The molecule has 2 bridgehead atoms. The molecule has 0 saturated carbocycles. The second-order valence-electron chi connectivity index (χ2n) is 8.65. The van der Waals surface area contributed by atoms with Crippen LogP contribution in [0.3, 0.4) is 0 Å². The Morgan fingerprint density at radius 3 is 2.68 bits per heavy atom. The van der Waals surface area contributed by atoms with E-state index in [-0.39, 0.29) is 18.2 Å². The lowest BCUT2D eigenvalue weighted by Crippen LogP contribution is -2.45. The largest absolute Gasteiger partial charge is 0.493 e. The molecule has 0 aliphatic carbocycles. The Hall–Kier alpha value is -1.27. The molecule has 1 amide bonds. The first-order chi connectivity index (χ1) is 13.3. The minimum Gasteiger partial charge on any atom is -0.493 e. The van der Waals surface area contributed by atoms with Crippen molar-refractivity contribution in [3.8, 4) is 5.75 Å². The van der Waals surface area contributed by atoms with Gasteiger partial charge in [0.2, 0.25) is 0 Å². The van der Waals surface area contributed by atoms with Gasteiger partial charge < -0.3 is 19.1 Å². The molecule has 0 aromatic heterocycles. The van der Waals surface area contributed by atoms with E-state index in [1.807, 2.05) is 37.8 Å². The van der Waals surface area contributed by atoms with E-state index in [0.717, 1.165) is 60.9 Å². The van der Waals surface area contributed by atoms with Crippen LogP contribution in [-0.2, 0) is 9.47 Å². The predicted molar refractivity (Wildman–Crippen MR) is 113 cm³/mol. The molecule has 0 radical (unpaired) electrons. The molecular weight excluding hydrogens is 422 g/mol. The highest BCUT2D eigenvalue weighted by atomic mass is 79.9. The van der Waals surface area contributed by atoms with Crippen LogP contribution in [0.15, 0.2) is 22.7 Å². The number of carbonyl (C=O) groups excluding carboxylic acids is 1. The SMILES string of the molecule is CC(C)(C)OC(=O)N1CC[C@H]2C[C@H]1c1ccc(Br)cc1OCCCCCCO2. The van der Waals surface area contributed by atoms with Gasteiger partial charge in [-0.05, 0) is 65.0 Å². The van der Waals surface area contributed by atoms with Crippen LogP contribution >= 0.6 is 15.9 Å². The molecule has 0 spiro atoms. The number of nitrogens with zero attached hydrogens (tertiary/aromatic N) is 1. The van der Waals surface area contributed by atoms with Crippen LogP contribution in [0.2, 0.25) is 0 Å². The van der Waals surface area contributed by atoms with Gasteiger partial charge in [-0.25, -0.2) is 4.79 Å². The zero-order valence-corrected chi connectivity index (χ0v) is 18.8. The van der Waals surface area contributed by atoms with Gasteiger partial charge in [0, 0.05) is 23.2 Å². The van der Waals surface area contributed by atoms with Gasteiger partial charge in [0.1, 0.15) is 11.4 Å². The Kier molecular flexibility index (Phi) is 7.26. The second-order valence-corrected chi connectivity index (χ2v) is 9.57. The highest BCUT2D eigenvalue weighted by molar-refractivity contribution is 9.10. The van der Waals surface area contributed by atoms with Crippen LogP contribution in [0.5, 0.6) is 5.75 Å². The van der Waals surface area contributed by atoms with Crippen molar-refractivity contribution in [3.63, 3.8) is 0 Å². The maximum absolute atomic E-state index is 12.9. The first-order valence-electron chi connectivity index (χ1n) is 10.4. The van der Waals surface area contributed by atoms with E-state index in [2.05, 4.69) is 22.0 Å². The quantitative estimate of drug-likeness (QED) is 0.493. The number of fused-ring (bicyclic) bond motifs is 4. The molecule has 1 fully saturated rings. The van der Waals surface area contributed by atoms with Gasteiger partial charge in [-0.3, -0.25) is 0 Å². The summed E-state index contributed by atoms with van der Waals surface area (Å²) in [6.07, 6.45) is 5.89. The maximum atomic E-state index is 12.9. The number of likely N-dealkylation sites (tertiary alicyclic amines) is 1. The molecule has 1 saturated heterocycles. The van der Waals surface area contributed by atoms with Crippen LogP contribution in [0.4, 0.5) is 4.79 Å². The van der Waals surface area contributed by atoms with Crippen molar-refractivity contribution in [2.75, 3.05) is 19.8 Å². The zero-order valence-electron chi connectivity index (χ0n) is 17.2. The molecule has 1 aromatic rings. The summed E-state index contributed by atoms with van der Waals surface area (Å²) in [6, 6.07) is 5.96. The zero-order chi connectivity index (χ0) is 20.1. The number of piperidine rings is 1. The van der Waals surface area contributed by atoms with Gasteiger partial charge >= 0.3 is 6.09 Å². The first kappa shape index (κ1) is 21.4. The summed E-state index contributed by atoms with van der Waals surface area (Å²) < 4.78 is 19.0. The number of carbonyl (C=O) groups is 1. The van der Waals surface area contributed by atoms with E-state index >= 15 is 0 Å². The van der Waals surface area contributed by atoms with Gasteiger partial charge in [-0.2, -0.15) is 0 Å². The van der Waals surface area contributed by atoms with Crippen molar-refractivity contribution in [1.29, 1.82) is 0 Å². The fraction of sp³-hybridized carbons (Fsp3) is 0.682. The summed E-state index contributed by atoms with van der Waals surface area (Å²) in [5.74, 6) is 0.841. The minimum atomic E-state index is -0.521. The lowest BCUT2D eigenvalue weighted by Gasteiger charge is -2.40. The number of amides is 1. The van der Waals surface area contributed by atoms with Gasteiger partial charge in [-0.15, -0.1) is 0 Å². The topological polar surface area (TPSA) is 48.0 Å². The summed E-state index contributed by atoms with van der Waals surface area (Å²) in [4.78, 5) is 14.8. The van der Waals surface area contributed by atoms with Crippen LogP contribution in [0.25, 0.3) is 0 Å². The molecule has 0 N–H and O–H groups in total. The lowest BCUT2D eigenvalue weighted by atomic mass is 9.93. The van der Waals surface area contributed by atoms with Gasteiger partial charge in [0.05, 0.1) is 18.8 Å². The molecule has 6 heteroatoms. The average Bonchev–Trinajstić information content (AvgIpc) is 2.63. The molecule has 156 valence electrons. The third-order valence-electron chi connectivity index (χ3n) is 5.17. The molecule has 2 aliphatic rings. The van der Waals surface area contributed by atoms with Crippen molar-refractivity contribution >= 4 is 22.0 Å². The molecule has 0 unspecified atom stereocenters.